The van der Waals surface area contributed by atoms with E-state index in [-0.39, 0.29) is 0 Å². The Hall–Kier alpha value is -1.54. The first kappa shape index (κ1) is 16.5. The smallest absolute Gasteiger partial charge is 0.0364 e. The maximum absolute atomic E-state index is 4.06. The van der Waals surface area contributed by atoms with Gasteiger partial charge in [0.1, 0.15) is 0 Å². The van der Waals surface area contributed by atoms with Crippen LogP contribution in [0.4, 0.5) is 5.69 Å². The zero-order chi connectivity index (χ0) is 15.0. The molecule has 0 radical (unpaired) electrons. The molecule has 2 heteroatoms. The van der Waals surface area contributed by atoms with Gasteiger partial charge in [-0.25, -0.2) is 0 Å². The summed E-state index contributed by atoms with van der Waals surface area (Å²) in [5, 5.41) is 0. The largest absolute Gasteiger partial charge is 0.373 e. The molecule has 0 saturated carbocycles. The standard InChI is InChI=1S/C18H28N2/c1-6-9-16(4)17-10-12-18(13-11-17)19(5)14-15-20(7-2)8-3/h6,9-13H,4,7-8,14-15H2,1-3,5H3/b9-6-. The fraction of sp³-hybridized carbons (Fsp3) is 0.444. The summed E-state index contributed by atoms with van der Waals surface area (Å²) < 4.78 is 0. The van der Waals surface area contributed by atoms with Gasteiger partial charge in [0.05, 0.1) is 0 Å². The third-order valence-electron chi connectivity index (χ3n) is 3.69. The summed E-state index contributed by atoms with van der Waals surface area (Å²) in [6, 6.07) is 8.63. The molecule has 0 aromatic heterocycles. The highest BCUT2D eigenvalue weighted by atomic mass is 15.2. The van der Waals surface area contributed by atoms with Crippen molar-refractivity contribution in [1.29, 1.82) is 0 Å². The van der Waals surface area contributed by atoms with Crippen molar-refractivity contribution in [2.45, 2.75) is 20.8 Å². The van der Waals surface area contributed by atoms with Crippen LogP contribution in [0.1, 0.15) is 26.3 Å². The molecular formula is C18H28N2. The Balaban J connectivity index is 2.61. The number of hydrogen-bond acceptors (Lipinski definition) is 2. The van der Waals surface area contributed by atoms with Crippen LogP contribution >= 0.6 is 0 Å². The molecule has 2 nitrogen and oxygen atoms in total. The molecule has 20 heavy (non-hydrogen) atoms. The number of nitrogens with zero attached hydrogens (tertiary/aromatic N) is 2. The van der Waals surface area contributed by atoms with Crippen LogP contribution in [-0.4, -0.2) is 38.1 Å². The molecule has 0 aliphatic carbocycles. The van der Waals surface area contributed by atoms with Crippen molar-refractivity contribution in [3.8, 4) is 0 Å². The number of hydrogen-bond donors (Lipinski definition) is 0. The molecule has 0 saturated heterocycles. The molecule has 0 heterocycles. The second-order valence-electron chi connectivity index (χ2n) is 5.02. The van der Waals surface area contributed by atoms with E-state index >= 15 is 0 Å². The molecule has 1 rings (SSSR count). The van der Waals surface area contributed by atoms with E-state index in [0.717, 1.165) is 31.8 Å². The van der Waals surface area contributed by atoms with Crippen LogP contribution in [0.2, 0.25) is 0 Å². The molecule has 0 N–H and O–H groups in total. The van der Waals surface area contributed by atoms with E-state index in [1.165, 1.54) is 11.3 Å². The maximum Gasteiger partial charge on any atom is 0.0364 e. The Bertz CT molecular complexity index is 427. The summed E-state index contributed by atoms with van der Waals surface area (Å²) in [6.07, 6.45) is 4.06. The topological polar surface area (TPSA) is 6.48 Å². The van der Waals surface area contributed by atoms with Gasteiger partial charge in [-0.1, -0.05) is 44.7 Å². The lowest BCUT2D eigenvalue weighted by atomic mass is 10.1. The fourth-order valence-corrected chi connectivity index (χ4v) is 2.19. The molecule has 0 atom stereocenters. The molecule has 0 unspecified atom stereocenters. The van der Waals surface area contributed by atoms with Gasteiger partial charge < -0.3 is 9.80 Å². The number of benzene rings is 1. The third-order valence-corrected chi connectivity index (χ3v) is 3.69. The summed E-state index contributed by atoms with van der Waals surface area (Å²) in [5.74, 6) is 0. The maximum atomic E-state index is 4.06. The van der Waals surface area contributed by atoms with Crippen molar-refractivity contribution in [1.82, 2.24) is 4.90 Å². The van der Waals surface area contributed by atoms with E-state index in [4.69, 9.17) is 0 Å². The van der Waals surface area contributed by atoms with E-state index in [0.29, 0.717) is 0 Å². The first-order valence-corrected chi connectivity index (χ1v) is 7.47. The predicted molar refractivity (Wildman–Crippen MR) is 91.3 cm³/mol. The van der Waals surface area contributed by atoms with Gasteiger partial charge in [0.2, 0.25) is 0 Å². The Morgan fingerprint density at radius 3 is 2.20 bits per heavy atom. The Labute approximate surface area is 124 Å². The fourth-order valence-electron chi connectivity index (χ4n) is 2.19. The van der Waals surface area contributed by atoms with Crippen molar-refractivity contribution in [3.05, 3.63) is 48.6 Å². The summed E-state index contributed by atoms with van der Waals surface area (Å²) in [7, 11) is 2.15. The van der Waals surface area contributed by atoms with Crippen molar-refractivity contribution >= 4 is 11.3 Å². The second kappa shape index (κ2) is 8.60. The highest BCUT2D eigenvalue weighted by Crippen LogP contribution is 2.19. The van der Waals surface area contributed by atoms with Crippen LogP contribution in [-0.2, 0) is 0 Å². The number of rotatable bonds is 8. The van der Waals surface area contributed by atoms with Gasteiger partial charge in [0, 0.05) is 25.8 Å². The van der Waals surface area contributed by atoms with Crippen LogP contribution in [0.5, 0.6) is 0 Å². The number of likely N-dealkylation sites (N-methyl/N-ethyl adjacent to an activating group) is 2. The van der Waals surface area contributed by atoms with E-state index in [2.05, 4.69) is 61.5 Å². The molecule has 0 amide bonds. The zero-order valence-electron chi connectivity index (χ0n) is 13.4. The average molecular weight is 272 g/mol. The first-order valence-electron chi connectivity index (χ1n) is 7.47. The van der Waals surface area contributed by atoms with Crippen LogP contribution in [0.15, 0.2) is 43.0 Å². The lowest BCUT2D eigenvalue weighted by Crippen LogP contribution is -2.33. The monoisotopic (exact) mass is 272 g/mol. The highest BCUT2D eigenvalue weighted by Gasteiger charge is 2.04. The SMILES string of the molecule is C=C(/C=C\C)c1ccc(N(C)CCN(CC)CC)cc1. The van der Waals surface area contributed by atoms with Crippen LogP contribution in [0, 0.1) is 0 Å². The van der Waals surface area contributed by atoms with Crippen LogP contribution < -0.4 is 4.90 Å². The number of allylic oxidation sites excluding steroid dienone is 3. The van der Waals surface area contributed by atoms with Crippen molar-refractivity contribution in [2.24, 2.45) is 0 Å². The lowest BCUT2D eigenvalue weighted by Gasteiger charge is -2.24. The summed E-state index contributed by atoms with van der Waals surface area (Å²) >= 11 is 0. The Morgan fingerprint density at radius 1 is 1.10 bits per heavy atom. The minimum absolute atomic E-state index is 1.05. The molecule has 0 fully saturated rings. The van der Waals surface area contributed by atoms with Gasteiger partial charge >= 0.3 is 0 Å². The molecule has 0 spiro atoms. The van der Waals surface area contributed by atoms with Crippen molar-refractivity contribution in [2.75, 3.05) is 38.1 Å². The Kier molecular flexibility index (Phi) is 7.10. The van der Waals surface area contributed by atoms with Gasteiger partial charge in [-0.05, 0) is 43.3 Å². The molecule has 0 aliphatic rings. The summed E-state index contributed by atoms with van der Waals surface area (Å²) in [6.45, 7) is 14.9. The predicted octanol–water partition coefficient (Wildman–Crippen LogP) is 4.05. The second-order valence-corrected chi connectivity index (χ2v) is 5.02. The van der Waals surface area contributed by atoms with Crippen LogP contribution in [0.25, 0.3) is 5.57 Å². The normalized spacial score (nSPS) is 11.2. The molecule has 1 aromatic carbocycles. The molecule has 0 bridgehead atoms. The third kappa shape index (κ3) is 4.86. The van der Waals surface area contributed by atoms with E-state index in [9.17, 15) is 0 Å². The van der Waals surface area contributed by atoms with Crippen molar-refractivity contribution in [3.63, 3.8) is 0 Å². The lowest BCUT2D eigenvalue weighted by molar-refractivity contribution is 0.311. The van der Waals surface area contributed by atoms with E-state index < -0.39 is 0 Å². The van der Waals surface area contributed by atoms with E-state index in [1.807, 2.05) is 19.1 Å². The van der Waals surface area contributed by atoms with Crippen molar-refractivity contribution < 1.29 is 0 Å². The van der Waals surface area contributed by atoms with Crippen LogP contribution in [0.3, 0.4) is 0 Å². The quantitative estimate of drug-likeness (QED) is 0.659. The van der Waals surface area contributed by atoms with Gasteiger partial charge in [0.15, 0.2) is 0 Å². The average Bonchev–Trinajstić information content (AvgIpc) is 2.48. The number of anilines is 1. The molecular weight excluding hydrogens is 244 g/mol. The first-order chi connectivity index (χ1) is 9.62. The highest BCUT2D eigenvalue weighted by molar-refractivity contribution is 5.72. The van der Waals surface area contributed by atoms with Gasteiger partial charge in [-0.15, -0.1) is 0 Å². The minimum Gasteiger partial charge on any atom is -0.373 e. The molecule has 0 aliphatic heterocycles. The zero-order valence-corrected chi connectivity index (χ0v) is 13.4. The summed E-state index contributed by atoms with van der Waals surface area (Å²) in [5.41, 5.74) is 3.50. The molecule has 1 aromatic rings. The van der Waals surface area contributed by atoms with Gasteiger partial charge in [0.25, 0.3) is 0 Å². The minimum atomic E-state index is 1.05. The summed E-state index contributed by atoms with van der Waals surface area (Å²) in [4.78, 5) is 4.75. The van der Waals surface area contributed by atoms with E-state index in [1.54, 1.807) is 0 Å². The molecule has 110 valence electrons. The van der Waals surface area contributed by atoms with Gasteiger partial charge in [-0.2, -0.15) is 0 Å². The van der Waals surface area contributed by atoms with Gasteiger partial charge in [-0.3, -0.25) is 0 Å². The Morgan fingerprint density at radius 2 is 1.70 bits per heavy atom.